The largest absolute Gasteiger partial charge is 0.501 e. The number of carbonyl (C=O) groups is 1. The number of aromatic nitrogens is 5. The Labute approximate surface area is 188 Å². The quantitative estimate of drug-likeness (QED) is 0.615. The fourth-order valence-electron chi connectivity index (χ4n) is 4.30. The average Bonchev–Trinajstić information content (AvgIpc) is 3.10. The molecule has 0 radical (unpaired) electrons. The third-order valence-corrected chi connectivity index (χ3v) is 6.17. The first-order valence-electron chi connectivity index (χ1n) is 10.8. The van der Waals surface area contributed by atoms with Crippen LogP contribution in [0, 0.1) is 12.7 Å². The molecule has 1 spiro atoms. The number of halogens is 1. The Bertz CT molecular complexity index is 1300. The average molecular weight is 454 g/mol. The van der Waals surface area contributed by atoms with Crippen molar-refractivity contribution >= 4 is 5.91 Å². The molecule has 2 N–H and O–H groups in total. The lowest BCUT2D eigenvalue weighted by molar-refractivity contribution is -0.108. The SMILES string of the molecule is Cc1ncn(-c2cc(F)ccc2CNC(=O)c2nc3n(c(=O)c2O)CCCOC32CCC2)n1. The lowest BCUT2D eigenvalue weighted by atomic mass is 9.79. The molecule has 1 aliphatic heterocycles. The number of benzene rings is 1. The van der Waals surface area contributed by atoms with E-state index in [0.717, 1.165) is 6.42 Å². The zero-order valence-corrected chi connectivity index (χ0v) is 18.0. The van der Waals surface area contributed by atoms with Gasteiger partial charge in [0.15, 0.2) is 5.69 Å². The number of hydrogen-bond donors (Lipinski definition) is 2. The van der Waals surface area contributed by atoms with E-state index < -0.39 is 28.6 Å². The fraction of sp³-hybridized carbons (Fsp3) is 0.409. The summed E-state index contributed by atoms with van der Waals surface area (Å²) in [6.07, 6.45) is 4.43. The molecule has 1 aliphatic carbocycles. The van der Waals surface area contributed by atoms with Crippen molar-refractivity contribution in [3.05, 3.63) is 63.6 Å². The van der Waals surface area contributed by atoms with Crippen molar-refractivity contribution in [1.82, 2.24) is 29.6 Å². The maximum Gasteiger partial charge on any atom is 0.296 e. The van der Waals surface area contributed by atoms with Crippen LogP contribution in [0.4, 0.5) is 4.39 Å². The molecule has 2 aliphatic rings. The highest BCUT2D eigenvalue weighted by atomic mass is 19.1. The van der Waals surface area contributed by atoms with Crippen molar-refractivity contribution in [1.29, 1.82) is 0 Å². The van der Waals surface area contributed by atoms with Crippen molar-refractivity contribution in [2.75, 3.05) is 6.61 Å². The van der Waals surface area contributed by atoms with Gasteiger partial charge in [0.2, 0.25) is 5.75 Å². The van der Waals surface area contributed by atoms with Crippen LogP contribution in [0.15, 0.2) is 29.3 Å². The summed E-state index contributed by atoms with van der Waals surface area (Å²) >= 11 is 0. The smallest absolute Gasteiger partial charge is 0.296 e. The molecule has 1 aromatic carbocycles. The van der Waals surface area contributed by atoms with Gasteiger partial charge in [-0.3, -0.25) is 14.2 Å². The van der Waals surface area contributed by atoms with Gasteiger partial charge in [-0.15, -0.1) is 0 Å². The number of carbonyl (C=O) groups excluding carboxylic acids is 1. The monoisotopic (exact) mass is 454 g/mol. The second-order valence-corrected chi connectivity index (χ2v) is 8.33. The highest BCUT2D eigenvalue weighted by molar-refractivity contribution is 5.94. The molecule has 3 aromatic rings. The Morgan fingerprint density at radius 3 is 2.85 bits per heavy atom. The normalized spacial score (nSPS) is 16.7. The van der Waals surface area contributed by atoms with Gasteiger partial charge in [-0.1, -0.05) is 6.07 Å². The summed E-state index contributed by atoms with van der Waals surface area (Å²) in [5, 5.41) is 17.3. The van der Waals surface area contributed by atoms with E-state index in [1.54, 1.807) is 6.92 Å². The van der Waals surface area contributed by atoms with Crippen molar-refractivity contribution in [3.63, 3.8) is 0 Å². The molecule has 1 saturated carbocycles. The molecule has 2 aromatic heterocycles. The summed E-state index contributed by atoms with van der Waals surface area (Å²) in [6.45, 7) is 2.56. The molecule has 11 heteroatoms. The fourth-order valence-corrected chi connectivity index (χ4v) is 4.30. The van der Waals surface area contributed by atoms with Gasteiger partial charge in [0.05, 0.1) is 5.69 Å². The van der Waals surface area contributed by atoms with E-state index in [-0.39, 0.29) is 12.2 Å². The summed E-state index contributed by atoms with van der Waals surface area (Å²) in [6, 6.07) is 4.09. The third-order valence-electron chi connectivity index (χ3n) is 6.17. The van der Waals surface area contributed by atoms with Crippen molar-refractivity contribution < 1.29 is 19.0 Å². The summed E-state index contributed by atoms with van der Waals surface area (Å²) in [4.78, 5) is 34.3. The van der Waals surface area contributed by atoms with Gasteiger partial charge >= 0.3 is 0 Å². The van der Waals surface area contributed by atoms with Crippen LogP contribution in [0.1, 0.15) is 53.4 Å². The molecule has 0 bridgehead atoms. The van der Waals surface area contributed by atoms with Crippen LogP contribution >= 0.6 is 0 Å². The number of fused-ring (bicyclic) bond motifs is 2. The Morgan fingerprint density at radius 2 is 2.15 bits per heavy atom. The maximum absolute atomic E-state index is 13.9. The Morgan fingerprint density at radius 1 is 1.33 bits per heavy atom. The molecule has 1 fully saturated rings. The second kappa shape index (κ2) is 8.07. The van der Waals surface area contributed by atoms with E-state index in [2.05, 4.69) is 20.4 Å². The van der Waals surface area contributed by atoms with Crippen LogP contribution < -0.4 is 10.9 Å². The van der Waals surface area contributed by atoms with Crippen LogP contribution in [0.3, 0.4) is 0 Å². The first kappa shape index (κ1) is 21.3. The summed E-state index contributed by atoms with van der Waals surface area (Å²) in [7, 11) is 0. The van der Waals surface area contributed by atoms with Gasteiger partial charge < -0.3 is 15.2 Å². The maximum atomic E-state index is 13.9. The number of aromatic hydroxyl groups is 1. The number of aryl methyl sites for hydroxylation is 1. The third kappa shape index (κ3) is 3.67. The molecule has 5 rings (SSSR count). The predicted molar refractivity (Wildman–Crippen MR) is 113 cm³/mol. The number of nitrogens with one attached hydrogen (secondary N) is 1. The van der Waals surface area contributed by atoms with Gasteiger partial charge in [-0.05, 0) is 50.3 Å². The van der Waals surface area contributed by atoms with Crippen LogP contribution in [0.5, 0.6) is 5.75 Å². The number of hydrogen-bond acceptors (Lipinski definition) is 7. The Hall–Kier alpha value is -3.60. The Balaban J connectivity index is 1.45. The molecule has 3 heterocycles. The van der Waals surface area contributed by atoms with Crippen molar-refractivity contribution in [2.45, 2.75) is 51.3 Å². The molecule has 10 nitrogen and oxygen atoms in total. The van der Waals surface area contributed by atoms with Gasteiger partial charge in [0.1, 0.15) is 29.4 Å². The lowest BCUT2D eigenvalue weighted by Crippen LogP contribution is -2.43. The molecule has 0 atom stereocenters. The second-order valence-electron chi connectivity index (χ2n) is 8.33. The van der Waals surface area contributed by atoms with Gasteiger partial charge in [0.25, 0.3) is 11.5 Å². The van der Waals surface area contributed by atoms with E-state index in [4.69, 9.17) is 4.74 Å². The first-order valence-corrected chi connectivity index (χ1v) is 10.8. The van der Waals surface area contributed by atoms with Gasteiger partial charge in [-0.2, -0.15) is 5.10 Å². The highest BCUT2D eigenvalue weighted by Crippen LogP contribution is 2.45. The van der Waals surface area contributed by atoms with Crippen LogP contribution in [0.2, 0.25) is 0 Å². The van der Waals surface area contributed by atoms with E-state index >= 15 is 0 Å². The van der Waals surface area contributed by atoms with Crippen LogP contribution in [-0.2, 0) is 23.4 Å². The number of nitrogens with zero attached hydrogens (tertiary/aromatic N) is 5. The highest BCUT2D eigenvalue weighted by Gasteiger charge is 2.45. The molecule has 1 amide bonds. The van der Waals surface area contributed by atoms with Crippen LogP contribution in [0.25, 0.3) is 5.69 Å². The van der Waals surface area contributed by atoms with E-state index in [9.17, 15) is 19.1 Å². The minimum atomic E-state index is -0.711. The van der Waals surface area contributed by atoms with E-state index in [1.807, 2.05) is 0 Å². The molecule has 0 saturated heterocycles. The summed E-state index contributed by atoms with van der Waals surface area (Å²) in [5.41, 5.74) is -0.699. The summed E-state index contributed by atoms with van der Waals surface area (Å²) < 4.78 is 22.7. The number of rotatable bonds is 4. The minimum Gasteiger partial charge on any atom is -0.501 e. The minimum absolute atomic E-state index is 0.00542. The molecule has 33 heavy (non-hydrogen) atoms. The van der Waals surface area contributed by atoms with Crippen LogP contribution in [-0.4, -0.2) is 41.9 Å². The molecular weight excluding hydrogens is 431 g/mol. The first-order chi connectivity index (χ1) is 15.9. The molecule has 172 valence electrons. The van der Waals surface area contributed by atoms with Crippen molar-refractivity contribution in [3.8, 4) is 11.4 Å². The van der Waals surface area contributed by atoms with E-state index in [0.29, 0.717) is 55.3 Å². The zero-order chi connectivity index (χ0) is 23.2. The van der Waals surface area contributed by atoms with Gasteiger partial charge in [0, 0.05) is 19.7 Å². The summed E-state index contributed by atoms with van der Waals surface area (Å²) in [5.74, 6) is -0.964. The molecule has 0 unspecified atom stereocenters. The van der Waals surface area contributed by atoms with Crippen molar-refractivity contribution in [2.24, 2.45) is 0 Å². The zero-order valence-electron chi connectivity index (χ0n) is 18.0. The number of ether oxygens (including phenoxy) is 1. The van der Waals surface area contributed by atoms with E-state index in [1.165, 1.54) is 33.8 Å². The topological polar surface area (TPSA) is 124 Å². The van der Waals surface area contributed by atoms with Gasteiger partial charge in [-0.25, -0.2) is 19.0 Å². The lowest BCUT2D eigenvalue weighted by Gasteiger charge is -2.40. The standard InChI is InChI=1S/C22H23FN6O4/c1-13-25-12-29(27-13)16-10-15(23)5-4-14(16)11-24-19(31)17-18(30)20(32)28-8-3-9-33-22(6-2-7-22)21(28)26-17/h4-5,10,12,30H,2-3,6-9,11H2,1H3,(H,24,31). The Kier molecular flexibility index (Phi) is 5.20. The number of amides is 1. The molecular formula is C22H23FN6O4. The predicted octanol–water partition coefficient (Wildman–Crippen LogP) is 1.71.